The molecule has 1 saturated heterocycles. The zero-order chi connectivity index (χ0) is 13.7. The molecule has 1 aromatic rings. The third-order valence-electron chi connectivity index (χ3n) is 3.96. The van der Waals surface area contributed by atoms with E-state index in [0.717, 1.165) is 31.4 Å². The number of aliphatic hydroxyl groups excluding tert-OH is 1. The van der Waals surface area contributed by atoms with Crippen molar-refractivity contribution in [1.29, 1.82) is 0 Å². The molecule has 1 aliphatic rings. The monoisotopic (exact) mass is 267 g/mol. The van der Waals surface area contributed by atoms with Gasteiger partial charge in [-0.2, -0.15) is 0 Å². The van der Waals surface area contributed by atoms with Crippen LogP contribution in [0.15, 0.2) is 24.3 Å². The molecule has 2 atom stereocenters. The Labute approximate surface area is 113 Å². The second-order valence-corrected chi connectivity index (χ2v) is 5.12. The lowest BCUT2D eigenvalue weighted by Crippen LogP contribution is -2.48. The van der Waals surface area contributed by atoms with Gasteiger partial charge < -0.3 is 15.2 Å². The van der Waals surface area contributed by atoms with E-state index >= 15 is 0 Å². The molecule has 1 fully saturated rings. The Balaban J connectivity index is 2.09. The second-order valence-electron chi connectivity index (χ2n) is 5.12. The van der Waals surface area contributed by atoms with Crippen LogP contribution in [0.4, 0.5) is 4.39 Å². The van der Waals surface area contributed by atoms with E-state index in [1.54, 1.807) is 12.1 Å². The molecule has 0 aromatic heterocycles. The Morgan fingerprint density at radius 1 is 1.42 bits per heavy atom. The van der Waals surface area contributed by atoms with E-state index in [2.05, 4.69) is 5.32 Å². The van der Waals surface area contributed by atoms with E-state index in [4.69, 9.17) is 4.74 Å². The van der Waals surface area contributed by atoms with Gasteiger partial charge in [-0.3, -0.25) is 0 Å². The van der Waals surface area contributed by atoms with Crippen molar-refractivity contribution in [3.8, 4) is 0 Å². The smallest absolute Gasteiger partial charge is 0.123 e. The first-order valence-corrected chi connectivity index (χ1v) is 6.94. The van der Waals surface area contributed by atoms with Gasteiger partial charge >= 0.3 is 0 Å². The first kappa shape index (κ1) is 14.4. The number of nitrogens with one attached hydrogen (secondary N) is 1. The average Bonchev–Trinajstić information content (AvgIpc) is 2.95. The summed E-state index contributed by atoms with van der Waals surface area (Å²) >= 11 is 0. The number of hydrogen-bond donors (Lipinski definition) is 2. The van der Waals surface area contributed by atoms with E-state index < -0.39 is 5.54 Å². The van der Waals surface area contributed by atoms with Crippen LogP contribution in [0.2, 0.25) is 0 Å². The first-order chi connectivity index (χ1) is 9.20. The summed E-state index contributed by atoms with van der Waals surface area (Å²) in [7, 11) is 0. The highest BCUT2D eigenvalue weighted by atomic mass is 19.1. The second kappa shape index (κ2) is 6.46. The molecule has 106 valence electrons. The van der Waals surface area contributed by atoms with Gasteiger partial charge in [0.25, 0.3) is 0 Å². The number of aliphatic hydroxyl groups is 1. The molecule has 4 heteroatoms. The van der Waals surface area contributed by atoms with Crippen LogP contribution in [0, 0.1) is 5.82 Å². The van der Waals surface area contributed by atoms with Crippen LogP contribution >= 0.6 is 0 Å². The predicted octanol–water partition coefficient (Wildman–Crippen LogP) is 2.19. The summed E-state index contributed by atoms with van der Waals surface area (Å²) in [5, 5.41) is 13.2. The number of hydrogen-bond acceptors (Lipinski definition) is 3. The maximum absolute atomic E-state index is 13.0. The van der Waals surface area contributed by atoms with Gasteiger partial charge in [0.05, 0.1) is 18.2 Å². The Hall–Kier alpha value is -0.970. The van der Waals surface area contributed by atoms with Crippen molar-refractivity contribution in [2.75, 3.05) is 19.8 Å². The molecule has 0 saturated carbocycles. The Kier molecular flexibility index (Phi) is 4.91. The van der Waals surface area contributed by atoms with E-state index in [9.17, 15) is 9.50 Å². The maximum Gasteiger partial charge on any atom is 0.123 e. The Morgan fingerprint density at radius 2 is 2.16 bits per heavy atom. The van der Waals surface area contributed by atoms with Crippen LogP contribution in [0.1, 0.15) is 31.7 Å². The number of rotatable bonds is 6. The van der Waals surface area contributed by atoms with Gasteiger partial charge in [-0.15, -0.1) is 0 Å². The molecule has 0 radical (unpaired) electrons. The van der Waals surface area contributed by atoms with Gasteiger partial charge in [-0.1, -0.05) is 19.1 Å². The molecule has 2 unspecified atom stereocenters. The molecule has 1 aromatic carbocycles. The minimum absolute atomic E-state index is 0.0121. The normalized spacial score (nSPS) is 22.4. The largest absolute Gasteiger partial charge is 0.394 e. The van der Waals surface area contributed by atoms with Crippen LogP contribution in [0.3, 0.4) is 0 Å². The zero-order valence-corrected chi connectivity index (χ0v) is 11.4. The first-order valence-electron chi connectivity index (χ1n) is 6.94. The molecule has 0 spiro atoms. The molecule has 1 heterocycles. The standard InChI is InChI=1S/C15H22FNO2/c1-2-15(11-18,12-5-7-13(16)8-6-12)17-10-14-4-3-9-19-14/h5-8,14,17-18H,2-4,9-11H2,1H3. The van der Waals surface area contributed by atoms with Gasteiger partial charge in [0.2, 0.25) is 0 Å². The van der Waals surface area contributed by atoms with Crippen molar-refractivity contribution >= 4 is 0 Å². The molecule has 19 heavy (non-hydrogen) atoms. The predicted molar refractivity (Wildman–Crippen MR) is 72.4 cm³/mol. The van der Waals surface area contributed by atoms with Crippen molar-refractivity contribution in [3.05, 3.63) is 35.6 Å². The van der Waals surface area contributed by atoms with Crippen LogP contribution in [0.25, 0.3) is 0 Å². The van der Waals surface area contributed by atoms with Crippen molar-refractivity contribution in [1.82, 2.24) is 5.32 Å². The van der Waals surface area contributed by atoms with Crippen LogP contribution in [0.5, 0.6) is 0 Å². The SMILES string of the molecule is CCC(CO)(NCC1CCCO1)c1ccc(F)cc1. The fourth-order valence-corrected chi connectivity index (χ4v) is 2.57. The Bertz CT molecular complexity index is 384. The van der Waals surface area contributed by atoms with Gasteiger partial charge in [0, 0.05) is 13.2 Å². The quantitative estimate of drug-likeness (QED) is 0.830. The lowest BCUT2D eigenvalue weighted by Gasteiger charge is -2.33. The van der Waals surface area contributed by atoms with Crippen molar-refractivity contribution < 1.29 is 14.2 Å². The number of halogens is 1. The summed E-state index contributed by atoms with van der Waals surface area (Å²) in [4.78, 5) is 0. The maximum atomic E-state index is 13.0. The summed E-state index contributed by atoms with van der Waals surface area (Å²) in [6.07, 6.45) is 3.11. The lowest BCUT2D eigenvalue weighted by molar-refractivity contribution is 0.0856. The van der Waals surface area contributed by atoms with Crippen molar-refractivity contribution in [3.63, 3.8) is 0 Å². The summed E-state index contributed by atoms with van der Waals surface area (Å²) < 4.78 is 18.6. The van der Waals surface area contributed by atoms with Crippen LogP contribution in [-0.4, -0.2) is 31.0 Å². The molecule has 2 rings (SSSR count). The molecule has 1 aliphatic heterocycles. The average molecular weight is 267 g/mol. The minimum Gasteiger partial charge on any atom is -0.394 e. The van der Waals surface area contributed by atoms with Crippen molar-refractivity contribution in [2.45, 2.75) is 37.8 Å². The summed E-state index contributed by atoms with van der Waals surface area (Å²) in [6.45, 7) is 3.54. The van der Waals surface area contributed by atoms with Gasteiger partial charge in [-0.25, -0.2) is 4.39 Å². The summed E-state index contributed by atoms with van der Waals surface area (Å²) in [6, 6.07) is 6.33. The summed E-state index contributed by atoms with van der Waals surface area (Å²) in [5.74, 6) is -0.259. The van der Waals surface area contributed by atoms with Crippen molar-refractivity contribution in [2.24, 2.45) is 0 Å². The highest BCUT2D eigenvalue weighted by Crippen LogP contribution is 2.25. The molecule has 0 aliphatic carbocycles. The molecule has 0 amide bonds. The van der Waals surface area contributed by atoms with Crippen LogP contribution in [-0.2, 0) is 10.3 Å². The van der Waals surface area contributed by atoms with Gasteiger partial charge in [-0.05, 0) is 37.0 Å². The van der Waals surface area contributed by atoms with Gasteiger partial charge in [0.15, 0.2) is 0 Å². The molecule has 0 bridgehead atoms. The zero-order valence-electron chi connectivity index (χ0n) is 11.4. The third-order valence-corrected chi connectivity index (χ3v) is 3.96. The molecule has 3 nitrogen and oxygen atoms in total. The highest BCUT2D eigenvalue weighted by Gasteiger charge is 2.30. The fourth-order valence-electron chi connectivity index (χ4n) is 2.57. The van der Waals surface area contributed by atoms with E-state index in [-0.39, 0.29) is 18.5 Å². The molecular weight excluding hydrogens is 245 g/mol. The third kappa shape index (κ3) is 3.32. The van der Waals surface area contributed by atoms with E-state index in [1.165, 1.54) is 12.1 Å². The van der Waals surface area contributed by atoms with E-state index in [1.807, 2.05) is 6.92 Å². The molecule has 2 N–H and O–H groups in total. The molecular formula is C15H22FNO2. The summed E-state index contributed by atoms with van der Waals surface area (Å²) in [5.41, 5.74) is 0.400. The van der Waals surface area contributed by atoms with Gasteiger partial charge in [0.1, 0.15) is 5.82 Å². The lowest BCUT2D eigenvalue weighted by atomic mass is 9.87. The fraction of sp³-hybridized carbons (Fsp3) is 0.600. The Morgan fingerprint density at radius 3 is 2.68 bits per heavy atom. The number of benzene rings is 1. The van der Waals surface area contributed by atoms with Crippen LogP contribution < -0.4 is 5.32 Å². The highest BCUT2D eigenvalue weighted by molar-refractivity contribution is 5.25. The number of ether oxygens (including phenoxy) is 1. The minimum atomic E-state index is -0.514. The topological polar surface area (TPSA) is 41.5 Å². The van der Waals surface area contributed by atoms with E-state index in [0.29, 0.717) is 6.54 Å².